The van der Waals surface area contributed by atoms with Crippen molar-refractivity contribution in [3.8, 4) is 0 Å². The molecule has 0 radical (unpaired) electrons. The summed E-state index contributed by atoms with van der Waals surface area (Å²) in [5.41, 5.74) is 0.449. The highest BCUT2D eigenvalue weighted by molar-refractivity contribution is 5.92. The maximum atomic E-state index is 12.2. The molecule has 0 spiro atoms. The van der Waals surface area contributed by atoms with Crippen LogP contribution in [0.1, 0.15) is 62.4 Å². The topological polar surface area (TPSA) is 66.9 Å². The summed E-state index contributed by atoms with van der Waals surface area (Å²) in [5, 5.41) is 6.21. The number of unbranched alkanes of at least 4 members (excludes halogenated alkanes) is 1. The fraction of sp³-hybridized carbons (Fsp3) is 0.667. The van der Waals surface area contributed by atoms with Crippen LogP contribution in [0.4, 0.5) is 5.95 Å². The number of carbonyl (C=O) groups is 1. The van der Waals surface area contributed by atoms with Crippen molar-refractivity contribution in [2.24, 2.45) is 0 Å². The van der Waals surface area contributed by atoms with Crippen LogP contribution in [0.5, 0.6) is 0 Å². The van der Waals surface area contributed by atoms with Crippen LogP contribution in [0, 0.1) is 0 Å². The zero-order valence-corrected chi connectivity index (χ0v) is 12.2. The van der Waals surface area contributed by atoms with Crippen molar-refractivity contribution in [2.75, 3.05) is 11.9 Å². The van der Waals surface area contributed by atoms with Crippen LogP contribution in [-0.2, 0) is 0 Å². The summed E-state index contributed by atoms with van der Waals surface area (Å²) >= 11 is 0. The van der Waals surface area contributed by atoms with Gasteiger partial charge in [-0.25, -0.2) is 9.97 Å². The van der Waals surface area contributed by atoms with Crippen LogP contribution in [0.15, 0.2) is 12.3 Å². The Morgan fingerprint density at radius 1 is 1.35 bits per heavy atom. The van der Waals surface area contributed by atoms with Gasteiger partial charge in [-0.3, -0.25) is 4.79 Å². The molecule has 0 bridgehead atoms. The molecule has 1 fully saturated rings. The highest BCUT2D eigenvalue weighted by atomic mass is 16.1. The van der Waals surface area contributed by atoms with Gasteiger partial charge in [0, 0.05) is 18.8 Å². The number of carbonyl (C=O) groups excluding carboxylic acids is 1. The molecule has 1 aromatic rings. The first-order valence-corrected chi connectivity index (χ1v) is 7.67. The number of amides is 1. The van der Waals surface area contributed by atoms with Crippen LogP contribution in [0.2, 0.25) is 0 Å². The average molecular weight is 276 g/mol. The Morgan fingerprint density at radius 2 is 2.15 bits per heavy atom. The van der Waals surface area contributed by atoms with E-state index in [1.54, 1.807) is 12.3 Å². The van der Waals surface area contributed by atoms with Crippen molar-refractivity contribution in [1.82, 2.24) is 15.3 Å². The number of nitrogens with one attached hydrogen (secondary N) is 2. The van der Waals surface area contributed by atoms with Gasteiger partial charge in [0.25, 0.3) is 5.91 Å². The van der Waals surface area contributed by atoms with E-state index in [9.17, 15) is 4.79 Å². The van der Waals surface area contributed by atoms with E-state index in [0.717, 1.165) is 32.2 Å². The first kappa shape index (κ1) is 14.8. The molecule has 1 aromatic heterocycles. The van der Waals surface area contributed by atoms with Crippen LogP contribution < -0.4 is 10.6 Å². The summed E-state index contributed by atoms with van der Waals surface area (Å²) in [7, 11) is 0. The number of rotatable bonds is 6. The monoisotopic (exact) mass is 276 g/mol. The minimum atomic E-state index is -0.0853. The normalized spacial score (nSPS) is 15.8. The van der Waals surface area contributed by atoms with Crippen molar-refractivity contribution in [3.63, 3.8) is 0 Å². The summed E-state index contributed by atoms with van der Waals surface area (Å²) in [6, 6.07) is 1.98. The first-order valence-electron chi connectivity index (χ1n) is 7.67. The number of aromatic nitrogens is 2. The van der Waals surface area contributed by atoms with E-state index in [1.165, 1.54) is 19.3 Å². The largest absolute Gasteiger partial charge is 0.354 e. The maximum Gasteiger partial charge on any atom is 0.270 e. The van der Waals surface area contributed by atoms with Gasteiger partial charge in [0.2, 0.25) is 5.95 Å². The molecule has 20 heavy (non-hydrogen) atoms. The van der Waals surface area contributed by atoms with E-state index in [0.29, 0.717) is 17.7 Å². The van der Waals surface area contributed by atoms with Crippen LogP contribution in [0.3, 0.4) is 0 Å². The molecule has 1 amide bonds. The first-order chi connectivity index (χ1) is 9.79. The molecular weight excluding hydrogens is 252 g/mol. The van der Waals surface area contributed by atoms with Crippen molar-refractivity contribution >= 4 is 11.9 Å². The molecule has 0 aromatic carbocycles. The van der Waals surface area contributed by atoms with Gasteiger partial charge in [0.15, 0.2) is 0 Å². The van der Waals surface area contributed by atoms with Gasteiger partial charge in [-0.15, -0.1) is 0 Å². The predicted octanol–water partition coefficient (Wildman–Crippen LogP) is 2.75. The van der Waals surface area contributed by atoms with Gasteiger partial charge in [-0.2, -0.15) is 0 Å². The Balaban J connectivity index is 1.89. The molecule has 2 N–H and O–H groups in total. The SMILES string of the molecule is CCCCNc1nccc(C(=O)NC2CCCCC2)n1. The molecule has 2 rings (SSSR count). The van der Waals surface area contributed by atoms with Crippen molar-refractivity contribution in [1.29, 1.82) is 0 Å². The Hall–Kier alpha value is -1.65. The van der Waals surface area contributed by atoms with Crippen molar-refractivity contribution < 1.29 is 4.79 Å². The highest BCUT2D eigenvalue weighted by Gasteiger charge is 2.17. The Kier molecular flexibility index (Phi) is 5.77. The third-order valence-corrected chi connectivity index (χ3v) is 3.64. The Morgan fingerprint density at radius 3 is 2.90 bits per heavy atom. The quantitative estimate of drug-likeness (QED) is 0.784. The number of hydrogen-bond donors (Lipinski definition) is 2. The molecule has 1 aliphatic rings. The molecule has 1 heterocycles. The van der Waals surface area contributed by atoms with Gasteiger partial charge in [0.05, 0.1) is 0 Å². The summed E-state index contributed by atoms with van der Waals surface area (Å²) in [6.07, 6.45) is 9.69. The molecule has 1 aliphatic carbocycles. The minimum Gasteiger partial charge on any atom is -0.354 e. The molecule has 110 valence electrons. The van der Waals surface area contributed by atoms with E-state index >= 15 is 0 Å². The lowest BCUT2D eigenvalue weighted by Crippen LogP contribution is -2.36. The predicted molar refractivity (Wildman–Crippen MR) is 79.8 cm³/mol. The van der Waals surface area contributed by atoms with Crippen molar-refractivity contribution in [2.45, 2.75) is 57.9 Å². The van der Waals surface area contributed by atoms with Gasteiger partial charge in [-0.1, -0.05) is 32.6 Å². The fourth-order valence-electron chi connectivity index (χ4n) is 2.45. The van der Waals surface area contributed by atoms with Gasteiger partial charge in [-0.05, 0) is 25.3 Å². The molecular formula is C15H24N4O. The standard InChI is InChI=1S/C15H24N4O/c1-2-3-10-16-15-17-11-9-13(19-15)14(20)18-12-7-5-4-6-8-12/h9,11-12H,2-8,10H2,1H3,(H,18,20)(H,16,17,19). The molecule has 1 saturated carbocycles. The average Bonchev–Trinajstić information content (AvgIpc) is 2.49. The van der Waals surface area contributed by atoms with E-state index in [1.807, 2.05) is 0 Å². The second-order valence-corrected chi connectivity index (χ2v) is 5.35. The summed E-state index contributed by atoms with van der Waals surface area (Å²) in [5.74, 6) is 0.451. The second kappa shape index (κ2) is 7.82. The third kappa shape index (κ3) is 4.47. The zero-order chi connectivity index (χ0) is 14.2. The molecule has 0 aliphatic heterocycles. The zero-order valence-electron chi connectivity index (χ0n) is 12.2. The lowest BCUT2D eigenvalue weighted by molar-refractivity contribution is 0.0922. The van der Waals surface area contributed by atoms with Crippen LogP contribution >= 0.6 is 0 Å². The maximum absolute atomic E-state index is 12.2. The fourth-order valence-corrected chi connectivity index (χ4v) is 2.45. The highest BCUT2D eigenvalue weighted by Crippen LogP contribution is 2.17. The Bertz CT molecular complexity index is 430. The van der Waals surface area contributed by atoms with E-state index in [2.05, 4.69) is 27.5 Å². The third-order valence-electron chi connectivity index (χ3n) is 3.64. The lowest BCUT2D eigenvalue weighted by atomic mass is 9.95. The van der Waals surface area contributed by atoms with Crippen molar-refractivity contribution in [3.05, 3.63) is 18.0 Å². The second-order valence-electron chi connectivity index (χ2n) is 5.35. The molecule has 5 heteroatoms. The molecule has 0 atom stereocenters. The number of anilines is 1. The summed E-state index contributed by atoms with van der Waals surface area (Å²) < 4.78 is 0. The molecule has 5 nitrogen and oxygen atoms in total. The van der Waals surface area contributed by atoms with E-state index in [4.69, 9.17) is 0 Å². The smallest absolute Gasteiger partial charge is 0.270 e. The van der Waals surface area contributed by atoms with E-state index < -0.39 is 0 Å². The van der Waals surface area contributed by atoms with Crippen LogP contribution in [-0.4, -0.2) is 28.5 Å². The van der Waals surface area contributed by atoms with Gasteiger partial charge < -0.3 is 10.6 Å². The number of hydrogen-bond acceptors (Lipinski definition) is 4. The molecule has 0 unspecified atom stereocenters. The minimum absolute atomic E-state index is 0.0853. The lowest BCUT2D eigenvalue weighted by Gasteiger charge is -2.22. The summed E-state index contributed by atoms with van der Waals surface area (Å²) in [6.45, 7) is 2.97. The van der Waals surface area contributed by atoms with Gasteiger partial charge >= 0.3 is 0 Å². The summed E-state index contributed by atoms with van der Waals surface area (Å²) in [4.78, 5) is 20.6. The Labute approximate surface area is 120 Å². The van der Waals surface area contributed by atoms with Crippen LogP contribution in [0.25, 0.3) is 0 Å². The molecule has 0 saturated heterocycles. The number of nitrogens with zero attached hydrogens (tertiary/aromatic N) is 2. The van der Waals surface area contributed by atoms with E-state index in [-0.39, 0.29) is 5.91 Å². The van der Waals surface area contributed by atoms with Gasteiger partial charge in [0.1, 0.15) is 5.69 Å².